The Labute approximate surface area is 116 Å². The Hall–Kier alpha value is -0.120. The lowest BCUT2D eigenvalue weighted by atomic mass is 9.56. The molecule has 2 unspecified atom stereocenters. The average molecular weight is 266 g/mol. The standard InChI is InChI=1S/C10H16.C6H10O3/c1-7-2-9-4-8(1)5-10(3-7)6-9;1(5-3-8-5)7-2-6-4-9-6/h7-10H,1-6H2;5-6H,1-4H2. The second-order valence-corrected chi connectivity index (χ2v) is 7.33. The van der Waals surface area contributed by atoms with Crippen LogP contribution < -0.4 is 0 Å². The molecular formula is C16H26O3. The molecule has 0 amide bonds. The van der Waals surface area contributed by atoms with E-state index >= 15 is 0 Å². The largest absolute Gasteiger partial charge is 0.376 e. The van der Waals surface area contributed by atoms with Crippen molar-refractivity contribution in [3.05, 3.63) is 0 Å². The molecule has 3 heteroatoms. The fraction of sp³-hybridized carbons (Fsp3) is 1.00. The summed E-state index contributed by atoms with van der Waals surface area (Å²) < 4.78 is 15.1. The van der Waals surface area contributed by atoms with Gasteiger partial charge in [0.15, 0.2) is 0 Å². The summed E-state index contributed by atoms with van der Waals surface area (Å²) >= 11 is 0. The molecule has 0 spiro atoms. The van der Waals surface area contributed by atoms with Gasteiger partial charge in [0.25, 0.3) is 0 Å². The number of rotatable bonds is 4. The summed E-state index contributed by atoms with van der Waals surface area (Å²) in [4.78, 5) is 0. The van der Waals surface area contributed by atoms with Gasteiger partial charge < -0.3 is 14.2 Å². The van der Waals surface area contributed by atoms with Gasteiger partial charge in [-0.3, -0.25) is 0 Å². The van der Waals surface area contributed by atoms with E-state index in [0.29, 0.717) is 12.2 Å². The first kappa shape index (κ1) is 12.6. The van der Waals surface area contributed by atoms with E-state index in [9.17, 15) is 0 Å². The molecule has 19 heavy (non-hydrogen) atoms. The average Bonchev–Trinajstić information content (AvgIpc) is 3.23. The number of ether oxygens (including phenoxy) is 3. The van der Waals surface area contributed by atoms with Crippen molar-refractivity contribution >= 4 is 0 Å². The van der Waals surface area contributed by atoms with Crippen LogP contribution in [-0.2, 0) is 14.2 Å². The molecule has 6 aliphatic rings. The van der Waals surface area contributed by atoms with Crippen molar-refractivity contribution in [2.75, 3.05) is 26.4 Å². The fourth-order valence-corrected chi connectivity index (χ4v) is 4.64. The van der Waals surface area contributed by atoms with Gasteiger partial charge in [-0.1, -0.05) is 0 Å². The summed E-state index contributed by atoms with van der Waals surface area (Å²) in [6.07, 6.45) is 10.4. The van der Waals surface area contributed by atoms with Crippen LogP contribution in [0, 0.1) is 23.7 Å². The van der Waals surface area contributed by atoms with Gasteiger partial charge in [0, 0.05) is 0 Å². The molecule has 2 aliphatic heterocycles. The first-order valence-electron chi connectivity index (χ1n) is 8.16. The highest BCUT2D eigenvalue weighted by Gasteiger charge is 2.41. The molecule has 2 saturated heterocycles. The highest BCUT2D eigenvalue weighted by molar-refractivity contribution is 4.92. The third-order valence-corrected chi connectivity index (χ3v) is 5.41. The zero-order valence-electron chi connectivity index (χ0n) is 11.8. The fourth-order valence-electron chi connectivity index (χ4n) is 4.64. The molecule has 0 radical (unpaired) electrons. The lowest BCUT2D eigenvalue weighted by molar-refractivity contribution is 0.0198. The van der Waals surface area contributed by atoms with Crippen LogP contribution in [0.1, 0.15) is 38.5 Å². The Balaban J connectivity index is 0.000000103. The molecular weight excluding hydrogens is 240 g/mol. The second-order valence-electron chi connectivity index (χ2n) is 7.33. The molecule has 3 nitrogen and oxygen atoms in total. The topological polar surface area (TPSA) is 34.3 Å². The molecule has 2 atom stereocenters. The van der Waals surface area contributed by atoms with E-state index < -0.39 is 0 Å². The highest BCUT2D eigenvalue weighted by Crippen LogP contribution is 2.53. The van der Waals surface area contributed by atoms with Gasteiger partial charge in [0.2, 0.25) is 0 Å². The van der Waals surface area contributed by atoms with Gasteiger partial charge in [-0.05, 0) is 62.2 Å². The lowest BCUT2D eigenvalue weighted by Gasteiger charge is -2.49. The van der Waals surface area contributed by atoms with Crippen LogP contribution in [0.4, 0.5) is 0 Å². The van der Waals surface area contributed by atoms with Crippen LogP contribution in [0.2, 0.25) is 0 Å². The van der Waals surface area contributed by atoms with Crippen LogP contribution in [0.25, 0.3) is 0 Å². The summed E-state index contributed by atoms with van der Waals surface area (Å²) in [7, 11) is 0. The molecule has 0 N–H and O–H groups in total. The zero-order valence-corrected chi connectivity index (χ0v) is 11.8. The van der Waals surface area contributed by atoms with Crippen molar-refractivity contribution in [3.8, 4) is 0 Å². The summed E-state index contributed by atoms with van der Waals surface area (Å²) in [6, 6.07) is 0. The Morgan fingerprint density at radius 2 is 0.947 bits per heavy atom. The van der Waals surface area contributed by atoms with Crippen molar-refractivity contribution in [2.24, 2.45) is 23.7 Å². The van der Waals surface area contributed by atoms with E-state index in [1.807, 2.05) is 0 Å². The van der Waals surface area contributed by atoms with Crippen LogP contribution in [0.3, 0.4) is 0 Å². The molecule has 4 aliphatic carbocycles. The van der Waals surface area contributed by atoms with Gasteiger partial charge in [0.05, 0.1) is 26.4 Å². The van der Waals surface area contributed by atoms with Gasteiger partial charge in [-0.25, -0.2) is 0 Å². The van der Waals surface area contributed by atoms with Crippen LogP contribution >= 0.6 is 0 Å². The molecule has 0 aromatic heterocycles. The number of epoxide rings is 2. The third-order valence-electron chi connectivity index (χ3n) is 5.41. The first-order valence-corrected chi connectivity index (χ1v) is 8.16. The Bertz CT molecular complexity index is 241. The summed E-state index contributed by atoms with van der Waals surface area (Å²) in [5.41, 5.74) is 0. The van der Waals surface area contributed by atoms with E-state index in [-0.39, 0.29) is 0 Å². The highest BCUT2D eigenvalue weighted by atomic mass is 16.6. The van der Waals surface area contributed by atoms with Crippen LogP contribution in [0.5, 0.6) is 0 Å². The minimum Gasteiger partial charge on any atom is -0.376 e. The quantitative estimate of drug-likeness (QED) is 0.734. The summed E-state index contributed by atoms with van der Waals surface area (Å²) in [6.45, 7) is 3.26. The second kappa shape index (κ2) is 5.34. The normalized spacial score (nSPS) is 48.6. The first-order chi connectivity index (χ1) is 9.35. The predicted molar refractivity (Wildman–Crippen MR) is 72.0 cm³/mol. The molecule has 108 valence electrons. The molecule has 6 rings (SSSR count). The lowest BCUT2D eigenvalue weighted by Crippen LogP contribution is -2.38. The number of hydrogen-bond acceptors (Lipinski definition) is 3. The van der Waals surface area contributed by atoms with Crippen LogP contribution in [-0.4, -0.2) is 38.6 Å². The Kier molecular flexibility index (Phi) is 3.55. The minimum atomic E-state index is 0.392. The Morgan fingerprint density at radius 3 is 1.21 bits per heavy atom. The molecule has 2 heterocycles. The minimum absolute atomic E-state index is 0.392. The van der Waals surface area contributed by atoms with E-state index in [1.165, 1.54) is 23.7 Å². The van der Waals surface area contributed by atoms with Crippen molar-refractivity contribution < 1.29 is 14.2 Å². The van der Waals surface area contributed by atoms with Crippen molar-refractivity contribution in [2.45, 2.75) is 50.7 Å². The molecule has 4 saturated carbocycles. The van der Waals surface area contributed by atoms with Crippen molar-refractivity contribution in [1.29, 1.82) is 0 Å². The van der Waals surface area contributed by atoms with Gasteiger partial charge in [0.1, 0.15) is 12.2 Å². The molecule has 6 fully saturated rings. The Morgan fingerprint density at radius 1 is 0.632 bits per heavy atom. The van der Waals surface area contributed by atoms with Crippen LogP contribution in [0.15, 0.2) is 0 Å². The smallest absolute Gasteiger partial charge is 0.104 e. The monoisotopic (exact) mass is 266 g/mol. The van der Waals surface area contributed by atoms with Gasteiger partial charge >= 0.3 is 0 Å². The third kappa shape index (κ3) is 3.50. The molecule has 0 aromatic carbocycles. The SMILES string of the molecule is C(OCC1CO1)C1CO1.C1C2CC3CC1CC(C2)C3. The zero-order chi connectivity index (χ0) is 12.7. The van der Waals surface area contributed by atoms with E-state index in [1.54, 1.807) is 38.5 Å². The predicted octanol–water partition coefficient (Wildman–Crippen LogP) is 2.63. The number of hydrogen-bond donors (Lipinski definition) is 0. The van der Waals surface area contributed by atoms with E-state index in [2.05, 4.69) is 0 Å². The summed E-state index contributed by atoms with van der Waals surface area (Å²) in [5.74, 6) is 4.71. The maximum Gasteiger partial charge on any atom is 0.104 e. The molecule has 4 bridgehead atoms. The maximum absolute atomic E-state index is 5.23. The van der Waals surface area contributed by atoms with Gasteiger partial charge in [-0.2, -0.15) is 0 Å². The van der Waals surface area contributed by atoms with Gasteiger partial charge in [-0.15, -0.1) is 0 Å². The van der Waals surface area contributed by atoms with E-state index in [4.69, 9.17) is 14.2 Å². The summed E-state index contributed by atoms with van der Waals surface area (Å²) in [5, 5.41) is 0. The maximum atomic E-state index is 5.23. The van der Waals surface area contributed by atoms with Crippen molar-refractivity contribution in [1.82, 2.24) is 0 Å². The van der Waals surface area contributed by atoms with Crippen molar-refractivity contribution in [3.63, 3.8) is 0 Å². The van der Waals surface area contributed by atoms with E-state index in [0.717, 1.165) is 26.4 Å². The molecule has 0 aromatic rings.